The van der Waals surface area contributed by atoms with E-state index in [2.05, 4.69) is 4.98 Å². The number of aromatic nitrogens is 1. The summed E-state index contributed by atoms with van der Waals surface area (Å²) in [5.74, 6) is -5.23. The number of benzene rings is 2. The third-order valence-corrected chi connectivity index (χ3v) is 8.35. The molecule has 1 aliphatic heterocycles. The average Bonchev–Trinajstić information content (AvgIpc) is 3.28. The van der Waals surface area contributed by atoms with Crippen molar-refractivity contribution in [1.82, 2.24) is 4.98 Å². The van der Waals surface area contributed by atoms with Crippen LogP contribution < -0.4 is 10.4 Å². The van der Waals surface area contributed by atoms with Gasteiger partial charge in [0.1, 0.15) is 0 Å². The number of nitrogens with zero attached hydrogens (tertiary/aromatic N) is 2. The number of allylic oxidation sites excluding steroid dienone is 1. The zero-order valence-electron chi connectivity index (χ0n) is 23.6. The Hall–Kier alpha value is -4.20. The molecule has 1 fully saturated rings. The molecule has 2 aliphatic rings. The Bertz CT molecular complexity index is 1610. The number of anilines is 1. The van der Waals surface area contributed by atoms with Crippen LogP contribution in [0.3, 0.4) is 0 Å². The predicted octanol–water partition coefficient (Wildman–Crippen LogP) is 1.39. The Labute approximate surface area is 253 Å². The van der Waals surface area contributed by atoms with Gasteiger partial charge in [0.05, 0.1) is 42.5 Å². The van der Waals surface area contributed by atoms with Crippen LogP contribution in [0.5, 0.6) is 5.75 Å². The van der Waals surface area contributed by atoms with E-state index in [1.165, 1.54) is 36.4 Å². The van der Waals surface area contributed by atoms with Crippen molar-refractivity contribution >= 4 is 41.7 Å². The summed E-state index contributed by atoms with van der Waals surface area (Å²) in [4.78, 5) is 32.5. The molecule has 0 radical (unpaired) electrons. The second-order valence-electron chi connectivity index (χ2n) is 11.0. The molecule has 0 unspecified atom stereocenters. The quantitative estimate of drug-likeness (QED) is 0.114. The molecule has 0 spiro atoms. The van der Waals surface area contributed by atoms with E-state index < -0.39 is 67.6 Å². The first-order chi connectivity index (χ1) is 21.1. The monoisotopic (exact) mass is 602 g/mol. The Kier molecular flexibility index (Phi) is 9.38. The SMILES string of the molecule is O=C1[C@@H]2[C@@H](CC(CO)=C([C@H](O)CC/C(=C/c3ccc(O)c(F)c3)c3ccccn3)[C@@H]2CO)C(=O)N1c1cccc(B(O)O)c1. The van der Waals surface area contributed by atoms with Crippen molar-refractivity contribution in [2.45, 2.75) is 25.4 Å². The molecule has 0 bridgehead atoms. The summed E-state index contributed by atoms with van der Waals surface area (Å²) < 4.78 is 14.0. The maximum Gasteiger partial charge on any atom is 0.488 e. The molecule has 1 aliphatic carbocycles. The van der Waals surface area contributed by atoms with Gasteiger partial charge in [0.15, 0.2) is 11.6 Å². The summed E-state index contributed by atoms with van der Waals surface area (Å²) in [5.41, 5.74) is 2.61. The Morgan fingerprint density at radius 1 is 1.07 bits per heavy atom. The van der Waals surface area contributed by atoms with Gasteiger partial charge in [-0.25, -0.2) is 4.39 Å². The van der Waals surface area contributed by atoms with Gasteiger partial charge in [-0.05, 0) is 89.5 Å². The lowest BCUT2D eigenvalue weighted by Gasteiger charge is -2.36. The van der Waals surface area contributed by atoms with E-state index in [4.69, 9.17) is 0 Å². The van der Waals surface area contributed by atoms with Gasteiger partial charge in [0.25, 0.3) is 0 Å². The number of aliphatic hydroxyl groups is 3. The highest BCUT2D eigenvalue weighted by Gasteiger charge is 2.55. The molecule has 0 saturated carbocycles. The summed E-state index contributed by atoms with van der Waals surface area (Å²) in [6.45, 7) is -1.05. The number of rotatable bonds is 10. The predicted molar refractivity (Wildman–Crippen MR) is 160 cm³/mol. The van der Waals surface area contributed by atoms with Gasteiger partial charge in [-0.3, -0.25) is 19.5 Å². The number of amides is 2. The molecule has 3 aromatic rings. The van der Waals surface area contributed by atoms with Crippen molar-refractivity contribution in [1.29, 1.82) is 0 Å². The highest BCUT2D eigenvalue weighted by atomic mass is 19.1. The number of hydrogen-bond donors (Lipinski definition) is 6. The molecular formula is C32H32BFN2O8. The van der Waals surface area contributed by atoms with Crippen LogP contribution in [-0.4, -0.2) is 73.7 Å². The molecule has 5 rings (SSSR count). The molecule has 1 saturated heterocycles. The van der Waals surface area contributed by atoms with Crippen LogP contribution in [0.25, 0.3) is 11.6 Å². The number of halogens is 1. The number of hydrogen-bond acceptors (Lipinski definition) is 9. The highest BCUT2D eigenvalue weighted by molar-refractivity contribution is 6.58. The van der Waals surface area contributed by atoms with E-state index in [1.807, 2.05) is 0 Å². The number of carbonyl (C=O) groups is 2. The van der Waals surface area contributed by atoms with Gasteiger partial charge in [-0.2, -0.15) is 0 Å². The Morgan fingerprint density at radius 2 is 1.86 bits per heavy atom. The average molecular weight is 602 g/mol. The number of aliphatic hydroxyl groups excluding tert-OH is 3. The number of aromatic hydroxyl groups is 1. The fourth-order valence-corrected chi connectivity index (χ4v) is 6.27. The lowest BCUT2D eigenvalue weighted by atomic mass is 9.68. The second kappa shape index (κ2) is 13.2. The molecule has 2 amide bonds. The molecule has 4 atom stereocenters. The molecule has 228 valence electrons. The van der Waals surface area contributed by atoms with Gasteiger partial charge >= 0.3 is 7.12 Å². The van der Waals surface area contributed by atoms with Crippen LogP contribution in [0.4, 0.5) is 10.1 Å². The number of phenolic OH excluding ortho intramolecular Hbond substituents is 1. The Morgan fingerprint density at radius 3 is 2.52 bits per heavy atom. The van der Waals surface area contributed by atoms with E-state index >= 15 is 0 Å². The molecule has 2 aromatic carbocycles. The fraction of sp³-hybridized carbons (Fsp3) is 0.281. The van der Waals surface area contributed by atoms with Crippen LogP contribution in [0, 0.1) is 23.6 Å². The van der Waals surface area contributed by atoms with E-state index in [0.717, 1.165) is 4.90 Å². The Balaban J connectivity index is 1.43. The first kappa shape index (κ1) is 31.2. The zero-order chi connectivity index (χ0) is 31.5. The molecule has 12 heteroatoms. The van der Waals surface area contributed by atoms with Gasteiger partial charge in [-0.15, -0.1) is 0 Å². The van der Waals surface area contributed by atoms with E-state index in [9.17, 15) is 44.5 Å². The number of fused-ring (bicyclic) bond motifs is 1. The summed E-state index contributed by atoms with van der Waals surface area (Å²) in [5, 5.41) is 61.0. The summed E-state index contributed by atoms with van der Waals surface area (Å²) in [7, 11) is -1.81. The molecule has 1 aromatic heterocycles. The number of imide groups is 1. The van der Waals surface area contributed by atoms with Crippen molar-refractivity contribution in [3.63, 3.8) is 0 Å². The van der Waals surface area contributed by atoms with Crippen molar-refractivity contribution < 1.29 is 44.5 Å². The number of pyridine rings is 1. The zero-order valence-corrected chi connectivity index (χ0v) is 23.6. The van der Waals surface area contributed by atoms with Crippen LogP contribution in [-0.2, 0) is 9.59 Å². The summed E-state index contributed by atoms with van der Waals surface area (Å²) >= 11 is 0. The smallest absolute Gasteiger partial charge is 0.488 e. The van der Waals surface area contributed by atoms with Crippen LogP contribution in [0.1, 0.15) is 30.5 Å². The van der Waals surface area contributed by atoms with Crippen LogP contribution >= 0.6 is 0 Å². The third kappa shape index (κ3) is 6.08. The van der Waals surface area contributed by atoms with Crippen LogP contribution in [0.15, 0.2) is 78.0 Å². The molecule has 6 N–H and O–H groups in total. The molecule has 2 heterocycles. The van der Waals surface area contributed by atoms with E-state index in [1.54, 1.807) is 36.5 Å². The van der Waals surface area contributed by atoms with Crippen molar-refractivity contribution in [2.75, 3.05) is 18.1 Å². The van der Waals surface area contributed by atoms with Crippen molar-refractivity contribution in [3.05, 3.63) is 95.1 Å². The topological polar surface area (TPSA) is 172 Å². The highest BCUT2D eigenvalue weighted by Crippen LogP contribution is 2.47. The minimum absolute atomic E-state index is 0.00315. The first-order valence-electron chi connectivity index (χ1n) is 14.2. The third-order valence-electron chi connectivity index (χ3n) is 8.35. The lowest BCUT2D eigenvalue weighted by molar-refractivity contribution is -0.123. The van der Waals surface area contributed by atoms with Gasteiger partial charge in [0, 0.05) is 12.1 Å². The van der Waals surface area contributed by atoms with Crippen LogP contribution in [0.2, 0.25) is 0 Å². The van der Waals surface area contributed by atoms with Gasteiger partial charge in [-0.1, -0.05) is 24.3 Å². The van der Waals surface area contributed by atoms with Crippen molar-refractivity contribution in [3.8, 4) is 5.75 Å². The lowest BCUT2D eigenvalue weighted by Crippen LogP contribution is -2.39. The van der Waals surface area contributed by atoms with Gasteiger partial charge < -0.3 is 30.5 Å². The van der Waals surface area contributed by atoms with E-state index in [0.29, 0.717) is 28.0 Å². The molecule has 10 nitrogen and oxygen atoms in total. The summed E-state index contributed by atoms with van der Waals surface area (Å²) in [6, 6.07) is 15.0. The maximum atomic E-state index is 14.0. The standard InChI is InChI=1S/C32H32BFN2O8/c34-25-13-18(7-9-27(25)39)12-19(26-6-1-2-11-35-26)8-10-28(40)29-20(16-37)14-23-30(24(29)17-38)32(42)36(31(23)41)22-5-3-4-21(15-22)33(43)44/h1-7,9,11-13,15,23-24,28,30,37-40,43-44H,8,10,14,16-17H2/b19-12-/t23-,24+,28-,30-/m1/s1. The maximum absolute atomic E-state index is 14.0. The van der Waals surface area contributed by atoms with Gasteiger partial charge in [0.2, 0.25) is 11.8 Å². The fourth-order valence-electron chi connectivity index (χ4n) is 6.27. The minimum atomic E-state index is -1.81. The number of phenols is 1. The second-order valence-corrected chi connectivity index (χ2v) is 11.0. The van der Waals surface area contributed by atoms with Crippen molar-refractivity contribution in [2.24, 2.45) is 17.8 Å². The first-order valence-corrected chi connectivity index (χ1v) is 14.2. The normalized spacial score (nSPS) is 21.1. The van der Waals surface area contributed by atoms with E-state index in [-0.39, 0.29) is 30.4 Å². The molecule has 44 heavy (non-hydrogen) atoms. The minimum Gasteiger partial charge on any atom is -0.505 e. The molecular weight excluding hydrogens is 570 g/mol. The summed E-state index contributed by atoms with van der Waals surface area (Å²) in [6.07, 6.45) is 2.42. The number of carbonyl (C=O) groups excluding carboxylic acids is 2. The largest absolute Gasteiger partial charge is 0.505 e.